The third kappa shape index (κ3) is 9.84. The van der Waals surface area contributed by atoms with Crippen LogP contribution in [0.4, 0.5) is 0 Å². The third-order valence-corrected chi connectivity index (χ3v) is 2.12. The highest BCUT2D eigenvalue weighted by Gasteiger charge is 2.04. The van der Waals surface area contributed by atoms with Crippen LogP contribution in [0.15, 0.2) is 0 Å². The van der Waals surface area contributed by atoms with E-state index in [1.807, 2.05) is 13.8 Å². The van der Waals surface area contributed by atoms with Crippen molar-refractivity contribution in [1.82, 2.24) is 10.2 Å². The lowest BCUT2D eigenvalue weighted by Crippen LogP contribution is -2.37. The van der Waals surface area contributed by atoms with Gasteiger partial charge in [-0.25, -0.2) is 0 Å². The fourth-order valence-corrected chi connectivity index (χ4v) is 0.955. The van der Waals surface area contributed by atoms with Gasteiger partial charge in [-0.15, -0.1) is 0 Å². The quantitative estimate of drug-likeness (QED) is 0.644. The van der Waals surface area contributed by atoms with Gasteiger partial charge < -0.3 is 10.2 Å². The summed E-state index contributed by atoms with van der Waals surface area (Å²) in [5, 5.41) is 3.41. The molecule has 0 saturated carbocycles. The molecule has 0 rings (SSSR count). The van der Waals surface area contributed by atoms with Crippen molar-refractivity contribution in [3.63, 3.8) is 0 Å². The molecule has 0 amide bonds. The van der Waals surface area contributed by atoms with E-state index in [0.29, 0.717) is 6.04 Å². The molecule has 82 valence electrons. The minimum atomic E-state index is 0.659. The van der Waals surface area contributed by atoms with Gasteiger partial charge >= 0.3 is 0 Å². The summed E-state index contributed by atoms with van der Waals surface area (Å²) in [6, 6.07) is 0.659. The number of hydrogen-bond acceptors (Lipinski definition) is 2. The lowest BCUT2D eigenvalue weighted by atomic mass is 10.3. The molecule has 0 aliphatic carbocycles. The first kappa shape index (κ1) is 15.4. The highest BCUT2D eigenvalue weighted by molar-refractivity contribution is 4.64. The van der Waals surface area contributed by atoms with E-state index in [4.69, 9.17) is 0 Å². The van der Waals surface area contributed by atoms with Crippen molar-refractivity contribution in [3.05, 3.63) is 0 Å². The van der Waals surface area contributed by atoms with Gasteiger partial charge in [-0.1, -0.05) is 27.7 Å². The summed E-state index contributed by atoms with van der Waals surface area (Å²) < 4.78 is 0. The molecule has 0 bridgehead atoms. The normalized spacial score (nSPS) is 12.2. The maximum absolute atomic E-state index is 3.41. The Kier molecular flexibility index (Phi) is 14.1. The predicted octanol–water partition coefficient (Wildman–Crippen LogP) is 2.35. The fraction of sp³-hybridized carbons (Fsp3) is 1.00. The highest BCUT2D eigenvalue weighted by Crippen LogP contribution is 1.91. The number of nitrogens with zero attached hydrogens (tertiary/aromatic N) is 1. The Hall–Kier alpha value is -0.0800. The van der Waals surface area contributed by atoms with E-state index in [1.54, 1.807) is 0 Å². The van der Waals surface area contributed by atoms with Crippen LogP contribution in [-0.2, 0) is 0 Å². The van der Waals surface area contributed by atoms with Crippen LogP contribution in [0.3, 0.4) is 0 Å². The van der Waals surface area contributed by atoms with Crippen molar-refractivity contribution in [3.8, 4) is 0 Å². The lowest BCUT2D eigenvalue weighted by molar-refractivity contribution is 0.264. The summed E-state index contributed by atoms with van der Waals surface area (Å²) in [5.74, 6) is 0. The zero-order valence-electron chi connectivity index (χ0n) is 10.4. The average molecular weight is 188 g/mol. The van der Waals surface area contributed by atoms with Crippen LogP contribution in [0.2, 0.25) is 0 Å². The molecule has 2 heteroatoms. The Bertz CT molecular complexity index is 84.2. The summed E-state index contributed by atoms with van der Waals surface area (Å²) >= 11 is 0. The SMILES string of the molecule is CC.CCCNCC(C)N(C)CC. The summed E-state index contributed by atoms with van der Waals surface area (Å²) in [6.07, 6.45) is 1.22. The predicted molar refractivity (Wildman–Crippen MR) is 62.3 cm³/mol. The summed E-state index contributed by atoms with van der Waals surface area (Å²) in [5.41, 5.74) is 0. The van der Waals surface area contributed by atoms with Crippen LogP contribution in [0, 0.1) is 0 Å². The first-order valence-corrected chi connectivity index (χ1v) is 5.63. The Morgan fingerprint density at radius 2 is 1.77 bits per heavy atom. The molecule has 0 aliphatic rings. The van der Waals surface area contributed by atoms with Gasteiger partial charge in [-0.3, -0.25) is 0 Å². The monoisotopic (exact) mass is 188 g/mol. The van der Waals surface area contributed by atoms with E-state index >= 15 is 0 Å². The third-order valence-electron chi connectivity index (χ3n) is 2.12. The van der Waals surface area contributed by atoms with Crippen molar-refractivity contribution >= 4 is 0 Å². The van der Waals surface area contributed by atoms with Gasteiger partial charge in [0.05, 0.1) is 0 Å². The van der Waals surface area contributed by atoms with E-state index < -0.39 is 0 Å². The van der Waals surface area contributed by atoms with E-state index in [-0.39, 0.29) is 0 Å². The summed E-state index contributed by atoms with van der Waals surface area (Å²) in [6.45, 7) is 14.0. The molecule has 0 aromatic rings. The maximum Gasteiger partial charge on any atom is 0.0189 e. The Labute approximate surface area is 84.7 Å². The number of nitrogens with one attached hydrogen (secondary N) is 1. The largest absolute Gasteiger partial charge is 0.315 e. The van der Waals surface area contributed by atoms with E-state index in [1.165, 1.54) is 6.42 Å². The van der Waals surface area contributed by atoms with Gasteiger partial charge in [0.1, 0.15) is 0 Å². The molecule has 0 heterocycles. The summed E-state index contributed by atoms with van der Waals surface area (Å²) in [4.78, 5) is 2.35. The molecule has 0 saturated heterocycles. The number of rotatable bonds is 6. The first-order valence-electron chi connectivity index (χ1n) is 5.63. The molecular formula is C11H28N2. The Morgan fingerprint density at radius 1 is 1.23 bits per heavy atom. The van der Waals surface area contributed by atoms with Crippen LogP contribution >= 0.6 is 0 Å². The van der Waals surface area contributed by atoms with Gasteiger partial charge in [0.25, 0.3) is 0 Å². The zero-order valence-corrected chi connectivity index (χ0v) is 10.4. The highest BCUT2D eigenvalue weighted by atomic mass is 15.1. The topological polar surface area (TPSA) is 15.3 Å². The molecule has 1 N–H and O–H groups in total. The second-order valence-electron chi connectivity index (χ2n) is 3.13. The van der Waals surface area contributed by atoms with Gasteiger partial charge in [-0.05, 0) is 33.5 Å². The second kappa shape index (κ2) is 11.9. The van der Waals surface area contributed by atoms with Crippen LogP contribution in [0.25, 0.3) is 0 Å². The molecule has 0 fully saturated rings. The molecule has 0 aromatic heterocycles. The van der Waals surface area contributed by atoms with Gasteiger partial charge in [0, 0.05) is 12.6 Å². The molecular weight excluding hydrogens is 160 g/mol. The van der Waals surface area contributed by atoms with Gasteiger partial charge in [0.15, 0.2) is 0 Å². The molecule has 0 aliphatic heterocycles. The standard InChI is InChI=1S/C9H22N2.C2H6/c1-5-7-10-8-9(3)11(4)6-2;1-2/h9-10H,5-8H2,1-4H3;1-2H3. The van der Waals surface area contributed by atoms with Crippen molar-refractivity contribution in [2.45, 2.75) is 47.1 Å². The van der Waals surface area contributed by atoms with E-state index in [2.05, 4.69) is 38.0 Å². The van der Waals surface area contributed by atoms with Crippen LogP contribution < -0.4 is 5.32 Å². The molecule has 0 aromatic carbocycles. The Balaban J connectivity index is 0. The minimum Gasteiger partial charge on any atom is -0.315 e. The molecule has 0 spiro atoms. The van der Waals surface area contributed by atoms with Gasteiger partial charge in [0.2, 0.25) is 0 Å². The van der Waals surface area contributed by atoms with E-state index in [9.17, 15) is 0 Å². The van der Waals surface area contributed by atoms with Crippen LogP contribution in [0.1, 0.15) is 41.0 Å². The zero-order chi connectivity index (χ0) is 10.7. The van der Waals surface area contributed by atoms with Crippen LogP contribution in [0.5, 0.6) is 0 Å². The number of likely N-dealkylation sites (N-methyl/N-ethyl adjacent to an activating group) is 1. The van der Waals surface area contributed by atoms with Crippen LogP contribution in [-0.4, -0.2) is 37.6 Å². The Morgan fingerprint density at radius 3 is 2.15 bits per heavy atom. The fourth-order valence-electron chi connectivity index (χ4n) is 0.955. The maximum atomic E-state index is 3.41. The smallest absolute Gasteiger partial charge is 0.0189 e. The lowest BCUT2D eigenvalue weighted by Gasteiger charge is -2.23. The summed E-state index contributed by atoms with van der Waals surface area (Å²) in [7, 11) is 2.16. The molecule has 1 unspecified atom stereocenters. The molecule has 0 radical (unpaired) electrons. The van der Waals surface area contributed by atoms with Gasteiger partial charge in [-0.2, -0.15) is 0 Å². The van der Waals surface area contributed by atoms with Crippen molar-refractivity contribution in [1.29, 1.82) is 0 Å². The molecule has 13 heavy (non-hydrogen) atoms. The minimum absolute atomic E-state index is 0.659. The number of hydrogen-bond donors (Lipinski definition) is 1. The molecule has 1 atom stereocenters. The molecule has 2 nitrogen and oxygen atoms in total. The van der Waals surface area contributed by atoms with Crippen molar-refractivity contribution in [2.24, 2.45) is 0 Å². The van der Waals surface area contributed by atoms with Crippen molar-refractivity contribution in [2.75, 3.05) is 26.7 Å². The average Bonchev–Trinajstić information content (AvgIpc) is 2.20. The first-order chi connectivity index (χ1) is 6.22. The van der Waals surface area contributed by atoms with Crippen molar-refractivity contribution < 1.29 is 0 Å². The van der Waals surface area contributed by atoms with E-state index in [0.717, 1.165) is 19.6 Å². The second-order valence-corrected chi connectivity index (χ2v) is 3.13.